The Labute approximate surface area is 79.9 Å². The van der Waals surface area contributed by atoms with E-state index >= 15 is 0 Å². The van der Waals surface area contributed by atoms with E-state index in [1.807, 2.05) is 10.9 Å². The predicted octanol–water partition coefficient (Wildman–Crippen LogP) is 1.74. The molecule has 1 atom stereocenters. The van der Waals surface area contributed by atoms with Crippen molar-refractivity contribution >= 4 is 0 Å². The molecule has 0 amide bonds. The number of rotatable bonds is 4. The minimum absolute atomic E-state index is 0.268. The molecule has 0 saturated heterocycles. The maximum absolute atomic E-state index is 5.85. The molecule has 0 spiro atoms. The average Bonchev–Trinajstić information content (AvgIpc) is 2.52. The van der Waals surface area contributed by atoms with E-state index in [1.165, 1.54) is 5.56 Å². The monoisotopic (exact) mass is 181 g/mol. The average molecular weight is 181 g/mol. The Morgan fingerprint density at radius 2 is 2.23 bits per heavy atom. The van der Waals surface area contributed by atoms with Crippen LogP contribution in [0, 0.1) is 0 Å². The van der Waals surface area contributed by atoms with Crippen molar-refractivity contribution in [3.8, 4) is 0 Å². The van der Waals surface area contributed by atoms with Gasteiger partial charge in [0.05, 0.1) is 6.20 Å². The van der Waals surface area contributed by atoms with Crippen LogP contribution in [0.3, 0.4) is 0 Å². The Hall–Kier alpha value is -0.830. The van der Waals surface area contributed by atoms with Gasteiger partial charge in [0.15, 0.2) is 0 Å². The Morgan fingerprint density at radius 3 is 2.69 bits per heavy atom. The van der Waals surface area contributed by atoms with E-state index < -0.39 is 0 Å². The van der Waals surface area contributed by atoms with E-state index in [9.17, 15) is 0 Å². The quantitative estimate of drug-likeness (QED) is 0.769. The van der Waals surface area contributed by atoms with E-state index in [2.05, 4.69) is 32.1 Å². The highest BCUT2D eigenvalue weighted by molar-refractivity contribution is 5.06. The fourth-order valence-electron chi connectivity index (χ4n) is 1.21. The molecule has 2 N–H and O–H groups in total. The number of hydrogen-bond acceptors (Lipinski definition) is 2. The van der Waals surface area contributed by atoms with E-state index in [1.54, 1.807) is 0 Å². The first-order valence-electron chi connectivity index (χ1n) is 4.92. The van der Waals surface area contributed by atoms with Crippen molar-refractivity contribution < 1.29 is 0 Å². The predicted molar refractivity (Wildman–Crippen MR) is 54.6 cm³/mol. The van der Waals surface area contributed by atoms with Gasteiger partial charge in [-0.25, -0.2) is 0 Å². The van der Waals surface area contributed by atoms with Gasteiger partial charge in [0.2, 0.25) is 0 Å². The molecule has 0 fully saturated rings. The Bertz CT molecular complexity index is 252. The lowest BCUT2D eigenvalue weighted by Gasteiger charge is -2.06. The summed E-state index contributed by atoms with van der Waals surface area (Å²) in [6.07, 6.45) is 5.95. The molecule has 1 aromatic rings. The second-order valence-corrected chi connectivity index (χ2v) is 3.79. The number of hydrogen-bond donors (Lipinski definition) is 1. The molecule has 0 aliphatic carbocycles. The van der Waals surface area contributed by atoms with Crippen LogP contribution in [0.5, 0.6) is 0 Å². The third kappa shape index (κ3) is 2.84. The van der Waals surface area contributed by atoms with Crippen molar-refractivity contribution in [2.24, 2.45) is 5.73 Å². The zero-order valence-corrected chi connectivity index (χ0v) is 8.70. The van der Waals surface area contributed by atoms with Crippen molar-refractivity contribution in [2.75, 3.05) is 0 Å². The SMILES string of the molecule is CCC(N)Cc1cnn(C(C)C)c1. The van der Waals surface area contributed by atoms with Crippen LogP contribution in [-0.4, -0.2) is 15.8 Å². The topological polar surface area (TPSA) is 43.8 Å². The third-order valence-electron chi connectivity index (χ3n) is 2.21. The molecule has 1 aromatic heterocycles. The Kier molecular flexibility index (Phi) is 3.48. The van der Waals surface area contributed by atoms with Crippen LogP contribution >= 0.6 is 0 Å². The molecular weight excluding hydrogens is 162 g/mol. The van der Waals surface area contributed by atoms with Crippen LogP contribution < -0.4 is 5.73 Å². The maximum atomic E-state index is 5.85. The van der Waals surface area contributed by atoms with Gasteiger partial charge in [-0.15, -0.1) is 0 Å². The molecule has 13 heavy (non-hydrogen) atoms. The maximum Gasteiger partial charge on any atom is 0.0522 e. The summed E-state index contributed by atoms with van der Waals surface area (Å²) in [4.78, 5) is 0. The van der Waals surface area contributed by atoms with Crippen molar-refractivity contribution in [1.29, 1.82) is 0 Å². The molecule has 0 aliphatic rings. The van der Waals surface area contributed by atoms with Crippen molar-refractivity contribution in [3.63, 3.8) is 0 Å². The second kappa shape index (κ2) is 4.42. The summed E-state index contributed by atoms with van der Waals surface area (Å²) in [6, 6.07) is 0.705. The first-order valence-corrected chi connectivity index (χ1v) is 4.92. The van der Waals surface area contributed by atoms with E-state index in [0.29, 0.717) is 6.04 Å². The number of nitrogens with zero attached hydrogens (tertiary/aromatic N) is 2. The van der Waals surface area contributed by atoms with Crippen molar-refractivity contribution in [2.45, 2.75) is 45.7 Å². The third-order valence-corrected chi connectivity index (χ3v) is 2.21. The Balaban J connectivity index is 2.58. The zero-order valence-electron chi connectivity index (χ0n) is 8.70. The standard InChI is InChI=1S/C10H19N3/c1-4-10(11)5-9-6-12-13(7-9)8(2)3/h6-8,10H,4-5,11H2,1-3H3. The van der Waals surface area contributed by atoms with Gasteiger partial charge in [-0.2, -0.15) is 5.10 Å². The van der Waals surface area contributed by atoms with Crippen LogP contribution in [0.2, 0.25) is 0 Å². The summed E-state index contributed by atoms with van der Waals surface area (Å²) in [5.41, 5.74) is 7.09. The first-order chi connectivity index (χ1) is 6.13. The summed E-state index contributed by atoms with van der Waals surface area (Å²) in [6.45, 7) is 6.35. The van der Waals surface area contributed by atoms with E-state index in [0.717, 1.165) is 12.8 Å². The molecule has 74 valence electrons. The van der Waals surface area contributed by atoms with Crippen LogP contribution in [0.1, 0.15) is 38.8 Å². The first kappa shape index (κ1) is 10.3. The van der Waals surface area contributed by atoms with Gasteiger partial charge >= 0.3 is 0 Å². The molecular formula is C10H19N3. The molecule has 0 aliphatic heterocycles. The second-order valence-electron chi connectivity index (χ2n) is 3.79. The molecule has 1 rings (SSSR count). The lowest BCUT2D eigenvalue weighted by Crippen LogP contribution is -2.21. The lowest BCUT2D eigenvalue weighted by atomic mass is 10.1. The summed E-state index contributed by atoms with van der Waals surface area (Å²) in [5, 5.41) is 4.26. The largest absolute Gasteiger partial charge is 0.327 e. The highest BCUT2D eigenvalue weighted by atomic mass is 15.3. The van der Waals surface area contributed by atoms with Crippen LogP contribution in [-0.2, 0) is 6.42 Å². The molecule has 0 bridgehead atoms. The normalized spacial score (nSPS) is 13.6. The molecule has 1 unspecified atom stereocenters. The Morgan fingerprint density at radius 1 is 1.54 bits per heavy atom. The van der Waals surface area contributed by atoms with Gasteiger partial charge in [-0.3, -0.25) is 4.68 Å². The summed E-state index contributed by atoms with van der Waals surface area (Å²) >= 11 is 0. The highest BCUT2D eigenvalue weighted by Gasteiger charge is 2.05. The minimum Gasteiger partial charge on any atom is -0.327 e. The molecule has 0 aromatic carbocycles. The highest BCUT2D eigenvalue weighted by Crippen LogP contribution is 2.07. The van der Waals surface area contributed by atoms with Gasteiger partial charge in [0.25, 0.3) is 0 Å². The number of nitrogens with two attached hydrogens (primary N) is 1. The van der Waals surface area contributed by atoms with Crippen LogP contribution in [0.25, 0.3) is 0 Å². The van der Waals surface area contributed by atoms with Gasteiger partial charge in [-0.05, 0) is 32.3 Å². The molecule has 0 saturated carbocycles. The molecule has 1 heterocycles. The van der Waals surface area contributed by atoms with Crippen LogP contribution in [0.15, 0.2) is 12.4 Å². The van der Waals surface area contributed by atoms with E-state index in [-0.39, 0.29) is 6.04 Å². The minimum atomic E-state index is 0.268. The lowest BCUT2D eigenvalue weighted by molar-refractivity contribution is 0.531. The summed E-state index contributed by atoms with van der Waals surface area (Å²) < 4.78 is 1.97. The summed E-state index contributed by atoms with van der Waals surface area (Å²) in [5.74, 6) is 0. The van der Waals surface area contributed by atoms with Gasteiger partial charge in [-0.1, -0.05) is 6.92 Å². The van der Waals surface area contributed by atoms with Crippen molar-refractivity contribution in [1.82, 2.24) is 9.78 Å². The fraction of sp³-hybridized carbons (Fsp3) is 0.700. The zero-order chi connectivity index (χ0) is 9.84. The summed E-state index contributed by atoms with van der Waals surface area (Å²) in [7, 11) is 0. The number of aromatic nitrogens is 2. The van der Waals surface area contributed by atoms with Gasteiger partial charge in [0.1, 0.15) is 0 Å². The fourth-order valence-corrected chi connectivity index (χ4v) is 1.21. The molecule has 3 nitrogen and oxygen atoms in total. The van der Waals surface area contributed by atoms with Gasteiger partial charge < -0.3 is 5.73 Å². The molecule has 0 radical (unpaired) electrons. The smallest absolute Gasteiger partial charge is 0.0522 e. The van der Waals surface area contributed by atoms with Crippen LogP contribution in [0.4, 0.5) is 0 Å². The van der Waals surface area contributed by atoms with E-state index in [4.69, 9.17) is 5.73 Å². The molecule has 3 heteroatoms. The van der Waals surface area contributed by atoms with Crippen molar-refractivity contribution in [3.05, 3.63) is 18.0 Å². The van der Waals surface area contributed by atoms with Gasteiger partial charge in [0, 0.05) is 18.3 Å².